The number of rotatable bonds is 4. The first-order valence-electron chi connectivity index (χ1n) is 9.16. The van der Waals surface area contributed by atoms with Crippen LogP contribution in [-0.2, 0) is 6.42 Å². The van der Waals surface area contributed by atoms with Gasteiger partial charge in [0, 0.05) is 18.1 Å². The third-order valence-corrected chi connectivity index (χ3v) is 5.08. The smallest absolute Gasteiger partial charge is 0.174 e. The second kappa shape index (κ2) is 7.39. The molecule has 0 bridgehead atoms. The molecule has 0 aliphatic carbocycles. The summed E-state index contributed by atoms with van der Waals surface area (Å²) in [6.07, 6.45) is -0.243. The minimum absolute atomic E-state index is 0.0632. The van der Waals surface area contributed by atoms with Gasteiger partial charge in [-0.1, -0.05) is 30.3 Å². The zero-order valence-electron chi connectivity index (χ0n) is 15.8. The van der Waals surface area contributed by atoms with Crippen molar-refractivity contribution >= 4 is 5.78 Å². The molecule has 0 saturated heterocycles. The summed E-state index contributed by atoms with van der Waals surface area (Å²) in [4.78, 5) is 12.8. The fraction of sp³-hybridized carbons (Fsp3) is 0.174. The average Bonchev–Trinajstić information content (AvgIpc) is 2.71. The van der Waals surface area contributed by atoms with Gasteiger partial charge in [0.2, 0.25) is 0 Å². The van der Waals surface area contributed by atoms with Gasteiger partial charge >= 0.3 is 0 Å². The van der Waals surface area contributed by atoms with Crippen LogP contribution >= 0.6 is 0 Å². The van der Waals surface area contributed by atoms with E-state index in [1.165, 1.54) is 25.3 Å². The summed E-state index contributed by atoms with van der Waals surface area (Å²) in [6, 6.07) is 14.7. The lowest BCUT2D eigenvalue weighted by Crippen LogP contribution is -2.22. The number of methoxy groups -OCH3 is 1. The van der Waals surface area contributed by atoms with Crippen molar-refractivity contribution in [3.05, 3.63) is 76.9 Å². The van der Waals surface area contributed by atoms with Crippen molar-refractivity contribution in [2.75, 3.05) is 7.11 Å². The van der Waals surface area contributed by atoms with E-state index in [0.29, 0.717) is 16.9 Å². The summed E-state index contributed by atoms with van der Waals surface area (Å²) in [5.74, 6) is 0.405. The highest BCUT2D eigenvalue weighted by Crippen LogP contribution is 2.46. The molecule has 1 aliphatic heterocycles. The molecule has 0 radical (unpaired) electrons. The van der Waals surface area contributed by atoms with E-state index in [1.807, 2.05) is 0 Å². The van der Waals surface area contributed by atoms with Crippen LogP contribution in [0.1, 0.15) is 39.6 Å². The molecule has 0 unspecified atom stereocenters. The summed E-state index contributed by atoms with van der Waals surface area (Å²) in [5.41, 5.74) is 2.06. The van der Waals surface area contributed by atoms with E-state index in [-0.39, 0.29) is 47.2 Å². The molecule has 1 atom stereocenters. The lowest BCUT2D eigenvalue weighted by atomic mass is 9.91. The molecule has 0 amide bonds. The molecule has 3 N–H and O–H groups in total. The van der Waals surface area contributed by atoms with Crippen molar-refractivity contribution in [3.63, 3.8) is 0 Å². The number of fused-ring (bicyclic) bond motifs is 1. The van der Waals surface area contributed by atoms with E-state index in [4.69, 9.17) is 9.47 Å². The number of ether oxygens (including phenoxy) is 2. The summed E-state index contributed by atoms with van der Waals surface area (Å²) in [7, 11) is 1.47. The maximum Gasteiger partial charge on any atom is 0.174 e. The lowest BCUT2D eigenvalue weighted by molar-refractivity contribution is 0.0842. The van der Waals surface area contributed by atoms with Crippen LogP contribution < -0.4 is 9.47 Å². The van der Waals surface area contributed by atoms with Crippen molar-refractivity contribution in [1.82, 2.24) is 0 Å². The summed E-state index contributed by atoms with van der Waals surface area (Å²) in [5, 5.41) is 30.1. The van der Waals surface area contributed by atoms with Crippen molar-refractivity contribution in [3.8, 4) is 28.7 Å². The first-order valence-corrected chi connectivity index (χ1v) is 9.16. The van der Waals surface area contributed by atoms with Gasteiger partial charge in [-0.05, 0) is 29.3 Å². The third kappa shape index (κ3) is 3.45. The number of carbonyl (C=O) groups excluding carboxylic acids is 1. The summed E-state index contributed by atoms with van der Waals surface area (Å²) < 4.78 is 11.6. The number of ketones is 1. The number of carbonyl (C=O) groups is 1. The highest BCUT2D eigenvalue weighted by molar-refractivity contribution is 6.03. The monoisotopic (exact) mass is 392 g/mol. The lowest BCUT2D eigenvalue weighted by Gasteiger charge is -2.29. The van der Waals surface area contributed by atoms with Gasteiger partial charge < -0.3 is 24.8 Å². The van der Waals surface area contributed by atoms with Crippen LogP contribution in [-0.4, -0.2) is 28.2 Å². The van der Waals surface area contributed by atoms with Crippen LogP contribution in [0.2, 0.25) is 0 Å². The zero-order chi connectivity index (χ0) is 20.5. The standard InChI is InChI=1S/C23H20O6/c1-28-21-12-19(27)22-18(26)11-20(13-6-8-15(24)9-7-13)29-23(22)16(21)10-14-4-2-3-5-17(14)25/h2-9,12,20,24-25,27H,10-11H2,1H3/t20-/m1/s1. The summed E-state index contributed by atoms with van der Waals surface area (Å²) in [6.45, 7) is 0. The normalized spacial score (nSPS) is 15.5. The Labute approximate surface area is 167 Å². The Bertz CT molecular complexity index is 1070. The Morgan fingerprint density at radius 3 is 2.45 bits per heavy atom. The highest BCUT2D eigenvalue weighted by atomic mass is 16.5. The number of Topliss-reactive ketones (excluding diaryl/α,β-unsaturated/α-hetero) is 1. The zero-order valence-corrected chi connectivity index (χ0v) is 15.8. The molecule has 29 heavy (non-hydrogen) atoms. The second-order valence-corrected chi connectivity index (χ2v) is 6.91. The van der Waals surface area contributed by atoms with Gasteiger partial charge in [0.25, 0.3) is 0 Å². The highest BCUT2D eigenvalue weighted by Gasteiger charge is 2.34. The third-order valence-electron chi connectivity index (χ3n) is 5.08. The molecule has 0 aromatic heterocycles. The van der Waals surface area contributed by atoms with E-state index in [0.717, 1.165) is 5.56 Å². The molecule has 6 heteroatoms. The number of para-hydroxylation sites is 1. The molecular formula is C23H20O6. The largest absolute Gasteiger partial charge is 0.508 e. The predicted octanol–water partition coefficient (Wildman–Crippen LogP) is 4.11. The fourth-order valence-electron chi connectivity index (χ4n) is 3.59. The van der Waals surface area contributed by atoms with E-state index in [1.54, 1.807) is 36.4 Å². The van der Waals surface area contributed by atoms with Gasteiger partial charge in [0.1, 0.15) is 40.4 Å². The van der Waals surface area contributed by atoms with Crippen molar-refractivity contribution in [2.24, 2.45) is 0 Å². The van der Waals surface area contributed by atoms with Crippen LogP contribution in [0.15, 0.2) is 54.6 Å². The fourth-order valence-corrected chi connectivity index (χ4v) is 3.59. The topological polar surface area (TPSA) is 96.2 Å². The average molecular weight is 392 g/mol. The maximum absolute atomic E-state index is 12.8. The molecule has 3 aromatic carbocycles. The van der Waals surface area contributed by atoms with Crippen LogP contribution in [0.25, 0.3) is 0 Å². The van der Waals surface area contributed by atoms with Gasteiger partial charge in [0.05, 0.1) is 13.5 Å². The minimum Gasteiger partial charge on any atom is -0.508 e. The molecule has 0 spiro atoms. The molecule has 4 rings (SSSR count). The SMILES string of the molecule is COc1cc(O)c2c(c1Cc1ccccc1O)O[C@@H](c1ccc(O)cc1)CC2=O. The number of phenolic OH excluding ortho intramolecular Hbond substituents is 3. The van der Waals surface area contributed by atoms with Gasteiger partial charge in [-0.2, -0.15) is 0 Å². The van der Waals surface area contributed by atoms with E-state index in [2.05, 4.69) is 0 Å². The summed E-state index contributed by atoms with van der Waals surface area (Å²) >= 11 is 0. The van der Waals surface area contributed by atoms with Gasteiger partial charge in [-0.3, -0.25) is 4.79 Å². The van der Waals surface area contributed by atoms with E-state index < -0.39 is 6.10 Å². The molecule has 0 saturated carbocycles. The first-order chi connectivity index (χ1) is 14.0. The minimum atomic E-state index is -0.565. The predicted molar refractivity (Wildman–Crippen MR) is 106 cm³/mol. The molecule has 3 aromatic rings. The Morgan fingerprint density at radius 2 is 1.76 bits per heavy atom. The number of hydrogen-bond acceptors (Lipinski definition) is 6. The second-order valence-electron chi connectivity index (χ2n) is 6.91. The first kappa shape index (κ1) is 18.7. The molecule has 6 nitrogen and oxygen atoms in total. The Morgan fingerprint density at radius 1 is 1.03 bits per heavy atom. The van der Waals surface area contributed by atoms with Crippen LogP contribution in [0.3, 0.4) is 0 Å². The van der Waals surface area contributed by atoms with Crippen LogP contribution in [0.4, 0.5) is 0 Å². The molecule has 148 valence electrons. The van der Waals surface area contributed by atoms with Gasteiger partial charge in [-0.25, -0.2) is 0 Å². The number of aromatic hydroxyl groups is 3. The van der Waals surface area contributed by atoms with Gasteiger partial charge in [-0.15, -0.1) is 0 Å². The Balaban J connectivity index is 1.82. The van der Waals surface area contributed by atoms with Crippen molar-refractivity contribution in [1.29, 1.82) is 0 Å². The van der Waals surface area contributed by atoms with Crippen molar-refractivity contribution in [2.45, 2.75) is 18.9 Å². The number of hydrogen-bond donors (Lipinski definition) is 3. The molecular weight excluding hydrogens is 372 g/mol. The Kier molecular flexibility index (Phi) is 4.76. The number of benzene rings is 3. The molecule has 1 heterocycles. The Hall–Kier alpha value is -3.67. The molecule has 1 aliphatic rings. The van der Waals surface area contributed by atoms with E-state index >= 15 is 0 Å². The quantitative estimate of drug-likeness (QED) is 0.618. The maximum atomic E-state index is 12.8. The van der Waals surface area contributed by atoms with Crippen molar-refractivity contribution < 1.29 is 29.6 Å². The van der Waals surface area contributed by atoms with Crippen LogP contribution in [0, 0.1) is 0 Å². The van der Waals surface area contributed by atoms with Gasteiger partial charge in [0.15, 0.2) is 5.78 Å². The molecule has 0 fully saturated rings. The van der Waals surface area contributed by atoms with E-state index in [9.17, 15) is 20.1 Å². The van der Waals surface area contributed by atoms with Crippen LogP contribution in [0.5, 0.6) is 28.7 Å². The number of phenols is 3.